The van der Waals surface area contributed by atoms with Crippen LogP contribution in [0, 0.1) is 0 Å². The third-order valence-corrected chi connectivity index (χ3v) is 3.22. The van der Waals surface area contributed by atoms with Crippen molar-refractivity contribution in [3.05, 3.63) is 30.4 Å². The Labute approximate surface area is 101 Å². The normalized spacial score (nSPS) is 19.8. The molecule has 4 heteroatoms. The highest BCUT2D eigenvalue weighted by Crippen LogP contribution is 2.31. The van der Waals surface area contributed by atoms with Gasteiger partial charge in [-0.15, -0.1) is 0 Å². The maximum Gasteiger partial charge on any atom is 0.111 e. The highest BCUT2D eigenvalue weighted by Gasteiger charge is 2.24. The third-order valence-electron chi connectivity index (χ3n) is 3.22. The molecule has 1 unspecified atom stereocenters. The number of hydrogen-bond donors (Lipinski definition) is 0. The predicted molar refractivity (Wildman–Crippen MR) is 67.0 cm³/mol. The van der Waals surface area contributed by atoms with Gasteiger partial charge < -0.3 is 14.2 Å². The standard InChI is InChI=1S/C13H17N3O/c1-15(2)9-12-13-11-3-4-14-7-10(11)8-16(13)5-6-17-12/h3-4,7-8,12H,5-6,9H2,1-2H3. The van der Waals surface area contributed by atoms with Gasteiger partial charge in [-0.05, 0) is 20.2 Å². The molecule has 0 saturated heterocycles. The summed E-state index contributed by atoms with van der Waals surface area (Å²) in [6.07, 6.45) is 6.12. The lowest BCUT2D eigenvalue weighted by atomic mass is 10.1. The summed E-state index contributed by atoms with van der Waals surface area (Å²) in [7, 11) is 4.16. The minimum atomic E-state index is 0.165. The van der Waals surface area contributed by atoms with Crippen LogP contribution in [0.2, 0.25) is 0 Å². The van der Waals surface area contributed by atoms with E-state index in [4.69, 9.17) is 4.74 Å². The first-order valence-corrected chi connectivity index (χ1v) is 5.95. The van der Waals surface area contributed by atoms with Gasteiger partial charge in [0.25, 0.3) is 0 Å². The Morgan fingerprint density at radius 3 is 3.24 bits per heavy atom. The molecule has 0 spiro atoms. The maximum absolute atomic E-state index is 5.90. The van der Waals surface area contributed by atoms with Crippen LogP contribution in [0.5, 0.6) is 0 Å². The van der Waals surface area contributed by atoms with E-state index in [-0.39, 0.29) is 6.10 Å². The summed E-state index contributed by atoms with van der Waals surface area (Å²) < 4.78 is 8.21. The molecular weight excluding hydrogens is 214 g/mol. The van der Waals surface area contributed by atoms with Crippen LogP contribution in [-0.4, -0.2) is 41.7 Å². The third kappa shape index (κ3) is 1.83. The minimum absolute atomic E-state index is 0.165. The summed E-state index contributed by atoms with van der Waals surface area (Å²) in [4.78, 5) is 6.34. The summed E-state index contributed by atoms with van der Waals surface area (Å²) in [5, 5.41) is 2.48. The molecule has 3 heterocycles. The number of nitrogens with zero attached hydrogens (tertiary/aromatic N) is 3. The van der Waals surface area contributed by atoms with E-state index < -0.39 is 0 Å². The number of aromatic nitrogens is 2. The van der Waals surface area contributed by atoms with E-state index in [0.29, 0.717) is 0 Å². The molecule has 3 rings (SSSR count). The molecule has 17 heavy (non-hydrogen) atoms. The van der Waals surface area contributed by atoms with Gasteiger partial charge in [0, 0.05) is 42.5 Å². The lowest BCUT2D eigenvalue weighted by Crippen LogP contribution is -2.29. The van der Waals surface area contributed by atoms with Crippen molar-refractivity contribution in [1.82, 2.24) is 14.5 Å². The Morgan fingerprint density at radius 1 is 1.53 bits per heavy atom. The monoisotopic (exact) mass is 231 g/mol. The lowest BCUT2D eigenvalue weighted by molar-refractivity contribution is 0.00687. The lowest BCUT2D eigenvalue weighted by Gasteiger charge is -2.28. The molecule has 1 atom stereocenters. The fourth-order valence-electron chi connectivity index (χ4n) is 2.52. The van der Waals surface area contributed by atoms with E-state index in [1.54, 1.807) is 0 Å². The van der Waals surface area contributed by atoms with E-state index in [0.717, 1.165) is 19.7 Å². The van der Waals surface area contributed by atoms with Crippen molar-refractivity contribution >= 4 is 10.8 Å². The van der Waals surface area contributed by atoms with Crippen molar-refractivity contribution in [2.45, 2.75) is 12.6 Å². The van der Waals surface area contributed by atoms with Crippen LogP contribution in [0.25, 0.3) is 10.8 Å². The van der Waals surface area contributed by atoms with Gasteiger partial charge >= 0.3 is 0 Å². The zero-order chi connectivity index (χ0) is 11.8. The highest BCUT2D eigenvalue weighted by atomic mass is 16.5. The summed E-state index contributed by atoms with van der Waals surface area (Å²) in [6.45, 7) is 2.65. The number of likely N-dealkylation sites (N-methyl/N-ethyl adjacent to an activating group) is 1. The second-order valence-electron chi connectivity index (χ2n) is 4.79. The van der Waals surface area contributed by atoms with Crippen LogP contribution >= 0.6 is 0 Å². The molecule has 2 aromatic heterocycles. The Balaban J connectivity index is 2.10. The van der Waals surface area contributed by atoms with Crippen molar-refractivity contribution in [2.75, 3.05) is 27.2 Å². The van der Waals surface area contributed by atoms with Crippen LogP contribution in [0.3, 0.4) is 0 Å². The van der Waals surface area contributed by atoms with Gasteiger partial charge in [0.15, 0.2) is 0 Å². The number of fused-ring (bicyclic) bond motifs is 3. The van der Waals surface area contributed by atoms with Gasteiger partial charge in [-0.3, -0.25) is 4.98 Å². The Hall–Kier alpha value is -1.39. The molecule has 1 aliphatic rings. The molecular formula is C13H17N3O. The van der Waals surface area contributed by atoms with Gasteiger partial charge in [-0.1, -0.05) is 0 Å². The fourth-order valence-corrected chi connectivity index (χ4v) is 2.52. The van der Waals surface area contributed by atoms with E-state index in [2.05, 4.69) is 40.8 Å². The van der Waals surface area contributed by atoms with Gasteiger partial charge in [-0.2, -0.15) is 0 Å². The van der Waals surface area contributed by atoms with Crippen LogP contribution in [-0.2, 0) is 11.3 Å². The van der Waals surface area contributed by atoms with E-state index >= 15 is 0 Å². The van der Waals surface area contributed by atoms with Crippen molar-refractivity contribution in [2.24, 2.45) is 0 Å². The molecule has 0 amide bonds. The van der Waals surface area contributed by atoms with E-state index in [9.17, 15) is 0 Å². The molecule has 0 bridgehead atoms. The Kier molecular flexibility index (Phi) is 2.61. The smallest absolute Gasteiger partial charge is 0.111 e. The SMILES string of the molecule is CN(C)CC1OCCn2cc3cnccc3c21. The summed E-state index contributed by atoms with van der Waals surface area (Å²) in [5.41, 5.74) is 1.29. The molecule has 0 aromatic carbocycles. The summed E-state index contributed by atoms with van der Waals surface area (Å²) in [6, 6.07) is 2.08. The molecule has 0 radical (unpaired) electrons. The minimum Gasteiger partial charge on any atom is -0.369 e. The van der Waals surface area contributed by atoms with Gasteiger partial charge in [0.1, 0.15) is 6.10 Å². The van der Waals surface area contributed by atoms with Crippen LogP contribution in [0.15, 0.2) is 24.7 Å². The number of ether oxygens (including phenoxy) is 1. The van der Waals surface area contributed by atoms with Crippen molar-refractivity contribution in [3.63, 3.8) is 0 Å². The molecule has 1 aliphatic heterocycles. The molecule has 0 fully saturated rings. The van der Waals surface area contributed by atoms with E-state index in [1.165, 1.54) is 16.5 Å². The first-order valence-electron chi connectivity index (χ1n) is 5.95. The number of pyridine rings is 1. The first kappa shape index (κ1) is 10.7. The Morgan fingerprint density at radius 2 is 2.41 bits per heavy atom. The quantitative estimate of drug-likeness (QED) is 0.787. The van der Waals surface area contributed by atoms with Crippen molar-refractivity contribution in [1.29, 1.82) is 0 Å². The average Bonchev–Trinajstić information content (AvgIpc) is 2.67. The zero-order valence-electron chi connectivity index (χ0n) is 10.3. The molecule has 4 nitrogen and oxygen atoms in total. The van der Waals surface area contributed by atoms with Crippen LogP contribution in [0.1, 0.15) is 11.8 Å². The van der Waals surface area contributed by atoms with Gasteiger partial charge in [0.05, 0.1) is 12.3 Å². The molecule has 90 valence electrons. The fraction of sp³-hybridized carbons (Fsp3) is 0.462. The van der Waals surface area contributed by atoms with Crippen LogP contribution in [0.4, 0.5) is 0 Å². The topological polar surface area (TPSA) is 30.3 Å². The maximum atomic E-state index is 5.90. The molecule has 2 aromatic rings. The van der Waals surface area contributed by atoms with Crippen LogP contribution < -0.4 is 0 Å². The van der Waals surface area contributed by atoms with Gasteiger partial charge in [-0.25, -0.2) is 0 Å². The van der Waals surface area contributed by atoms with Gasteiger partial charge in [0.2, 0.25) is 0 Å². The molecule has 0 aliphatic carbocycles. The largest absolute Gasteiger partial charge is 0.369 e. The second kappa shape index (κ2) is 4.13. The predicted octanol–water partition coefficient (Wildman–Crippen LogP) is 1.67. The van der Waals surface area contributed by atoms with E-state index in [1.807, 2.05) is 12.4 Å². The number of rotatable bonds is 2. The average molecular weight is 231 g/mol. The van der Waals surface area contributed by atoms with Crippen molar-refractivity contribution < 1.29 is 4.74 Å². The molecule has 0 saturated carbocycles. The van der Waals surface area contributed by atoms with Crippen molar-refractivity contribution in [3.8, 4) is 0 Å². The second-order valence-corrected chi connectivity index (χ2v) is 4.79. The first-order chi connectivity index (χ1) is 8.25. The summed E-state index contributed by atoms with van der Waals surface area (Å²) >= 11 is 0. The Bertz CT molecular complexity index is 532. The molecule has 0 N–H and O–H groups in total. The number of hydrogen-bond acceptors (Lipinski definition) is 3. The zero-order valence-corrected chi connectivity index (χ0v) is 10.3. The summed E-state index contributed by atoms with van der Waals surface area (Å²) in [5.74, 6) is 0. The highest BCUT2D eigenvalue weighted by molar-refractivity contribution is 5.85.